The van der Waals surface area contributed by atoms with Crippen LogP contribution < -0.4 is 0 Å². The van der Waals surface area contributed by atoms with Crippen LogP contribution >= 0.6 is 0 Å². The highest BCUT2D eigenvalue weighted by molar-refractivity contribution is 6.06. The summed E-state index contributed by atoms with van der Waals surface area (Å²) in [5.74, 6) is 4.01. The van der Waals surface area contributed by atoms with E-state index in [0.29, 0.717) is 11.1 Å². The number of ketones is 1. The number of halogens is 2. The highest BCUT2D eigenvalue weighted by Gasteiger charge is 1.93. The Bertz CT molecular complexity index is 687. The normalized spacial score (nSPS) is 10.1. The van der Waals surface area contributed by atoms with E-state index in [4.69, 9.17) is 0 Å². The molecule has 2 rings (SSSR count). The van der Waals surface area contributed by atoms with Gasteiger partial charge in [0.15, 0.2) is 0 Å². The Kier molecular flexibility index (Phi) is 4.41. The van der Waals surface area contributed by atoms with Gasteiger partial charge in [-0.15, -0.1) is 0 Å². The minimum atomic E-state index is -0.376. The molecule has 0 saturated carbocycles. The van der Waals surface area contributed by atoms with Crippen molar-refractivity contribution >= 4 is 11.9 Å². The summed E-state index contributed by atoms with van der Waals surface area (Å²) in [6, 6.07) is 11.3. The van der Waals surface area contributed by atoms with E-state index in [-0.39, 0.29) is 17.4 Å². The summed E-state index contributed by atoms with van der Waals surface area (Å²) in [6.45, 7) is 0. The van der Waals surface area contributed by atoms with Gasteiger partial charge >= 0.3 is 0 Å². The first kappa shape index (κ1) is 13.7. The zero-order chi connectivity index (χ0) is 14.4. The quantitative estimate of drug-likeness (QED) is 0.601. The summed E-state index contributed by atoms with van der Waals surface area (Å²) in [5.41, 5.74) is 1.28. The van der Waals surface area contributed by atoms with E-state index in [0.717, 1.165) is 0 Å². The standard InChI is InChI=1S/C17H10F2O/c18-15-7-1-13(2-8-15)5-11-17(20)12-6-14-3-9-16(19)10-4-14/h1-5,7-11H/b11-5+. The van der Waals surface area contributed by atoms with Crippen LogP contribution in [0.5, 0.6) is 0 Å². The minimum Gasteiger partial charge on any atom is -0.280 e. The van der Waals surface area contributed by atoms with Crippen molar-refractivity contribution in [2.45, 2.75) is 0 Å². The molecule has 2 aromatic carbocycles. The molecule has 0 heterocycles. The number of carbonyl (C=O) groups is 1. The van der Waals surface area contributed by atoms with Crippen molar-refractivity contribution in [1.82, 2.24) is 0 Å². The van der Waals surface area contributed by atoms with E-state index in [1.807, 2.05) is 0 Å². The first-order chi connectivity index (χ1) is 9.63. The Morgan fingerprint density at radius 1 is 0.900 bits per heavy atom. The van der Waals surface area contributed by atoms with Gasteiger partial charge in [0.25, 0.3) is 0 Å². The van der Waals surface area contributed by atoms with E-state index in [1.54, 1.807) is 18.2 Å². The van der Waals surface area contributed by atoms with Crippen LogP contribution in [-0.2, 0) is 4.79 Å². The molecule has 0 aliphatic heterocycles. The number of rotatable bonds is 2. The smallest absolute Gasteiger partial charge is 0.229 e. The van der Waals surface area contributed by atoms with Crippen LogP contribution in [0.15, 0.2) is 54.6 Å². The van der Waals surface area contributed by atoms with E-state index in [2.05, 4.69) is 11.8 Å². The van der Waals surface area contributed by atoms with Crippen LogP contribution in [0.3, 0.4) is 0 Å². The minimum absolute atomic E-state index is 0.329. The van der Waals surface area contributed by atoms with Crippen LogP contribution in [0.25, 0.3) is 6.08 Å². The van der Waals surface area contributed by atoms with Gasteiger partial charge < -0.3 is 0 Å². The zero-order valence-electron chi connectivity index (χ0n) is 10.4. The third kappa shape index (κ3) is 4.18. The highest BCUT2D eigenvalue weighted by atomic mass is 19.1. The largest absolute Gasteiger partial charge is 0.280 e. The SMILES string of the molecule is O=C(C#Cc1ccc(F)cc1)/C=C/c1ccc(F)cc1. The summed E-state index contributed by atoms with van der Waals surface area (Å²) in [6.07, 6.45) is 2.87. The Hall–Kier alpha value is -2.73. The summed E-state index contributed by atoms with van der Waals surface area (Å²) < 4.78 is 25.4. The Balaban J connectivity index is 2.02. The predicted octanol–water partition coefficient (Wildman–Crippen LogP) is 3.60. The van der Waals surface area contributed by atoms with Gasteiger partial charge in [-0.05, 0) is 54.0 Å². The molecule has 1 nitrogen and oxygen atoms in total. The highest BCUT2D eigenvalue weighted by Crippen LogP contribution is 2.04. The molecule has 20 heavy (non-hydrogen) atoms. The third-order valence-corrected chi connectivity index (χ3v) is 2.47. The number of allylic oxidation sites excluding steroid dienone is 1. The number of hydrogen-bond acceptors (Lipinski definition) is 1. The summed E-state index contributed by atoms with van der Waals surface area (Å²) >= 11 is 0. The molecule has 2 aromatic rings. The molecule has 0 saturated heterocycles. The van der Waals surface area contributed by atoms with Crippen LogP contribution in [0.4, 0.5) is 8.78 Å². The number of benzene rings is 2. The second kappa shape index (κ2) is 6.44. The lowest BCUT2D eigenvalue weighted by Crippen LogP contribution is -1.86. The fourth-order valence-electron chi connectivity index (χ4n) is 1.45. The first-order valence-corrected chi connectivity index (χ1v) is 5.89. The van der Waals surface area contributed by atoms with Gasteiger partial charge in [0.2, 0.25) is 5.78 Å². The summed E-state index contributed by atoms with van der Waals surface area (Å²) in [4.78, 5) is 11.5. The van der Waals surface area contributed by atoms with Crippen LogP contribution in [0, 0.1) is 23.5 Å². The lowest BCUT2D eigenvalue weighted by atomic mass is 10.2. The van der Waals surface area contributed by atoms with Crippen LogP contribution in [-0.4, -0.2) is 5.78 Å². The Morgan fingerprint density at radius 2 is 1.45 bits per heavy atom. The monoisotopic (exact) mass is 268 g/mol. The van der Waals surface area contributed by atoms with Crippen LogP contribution in [0.1, 0.15) is 11.1 Å². The van der Waals surface area contributed by atoms with Gasteiger partial charge in [-0.2, -0.15) is 0 Å². The maximum absolute atomic E-state index is 12.7. The molecule has 0 bridgehead atoms. The molecule has 98 valence electrons. The van der Waals surface area contributed by atoms with Gasteiger partial charge in [-0.1, -0.05) is 24.1 Å². The lowest BCUT2D eigenvalue weighted by Gasteiger charge is -1.91. The molecule has 0 aliphatic carbocycles. The van der Waals surface area contributed by atoms with Gasteiger partial charge in [0.05, 0.1) is 0 Å². The number of hydrogen-bond donors (Lipinski definition) is 0. The molecule has 0 spiro atoms. The molecule has 0 unspecified atom stereocenters. The summed E-state index contributed by atoms with van der Waals surface area (Å²) in [7, 11) is 0. The van der Waals surface area contributed by atoms with Crippen molar-refractivity contribution in [2.75, 3.05) is 0 Å². The molecule has 0 aliphatic rings. The second-order valence-electron chi connectivity index (χ2n) is 4.01. The lowest BCUT2D eigenvalue weighted by molar-refractivity contribution is -0.109. The molecule has 0 atom stereocenters. The molecular weight excluding hydrogens is 258 g/mol. The second-order valence-corrected chi connectivity index (χ2v) is 4.01. The molecule has 3 heteroatoms. The molecule has 0 radical (unpaired) electrons. The zero-order valence-corrected chi connectivity index (χ0v) is 10.4. The molecule has 0 amide bonds. The molecular formula is C17H10F2O. The molecule has 0 fully saturated rings. The first-order valence-electron chi connectivity index (χ1n) is 5.89. The molecule has 0 N–H and O–H groups in total. The predicted molar refractivity (Wildman–Crippen MR) is 73.7 cm³/mol. The van der Waals surface area contributed by atoms with Crippen molar-refractivity contribution in [3.63, 3.8) is 0 Å². The average molecular weight is 268 g/mol. The van der Waals surface area contributed by atoms with Crippen molar-refractivity contribution in [1.29, 1.82) is 0 Å². The van der Waals surface area contributed by atoms with E-state index in [9.17, 15) is 13.6 Å². The Labute approximate surface area is 115 Å². The van der Waals surface area contributed by atoms with Crippen molar-refractivity contribution < 1.29 is 13.6 Å². The fraction of sp³-hybridized carbons (Fsp3) is 0. The fourth-order valence-corrected chi connectivity index (χ4v) is 1.45. The molecule has 0 aromatic heterocycles. The van der Waals surface area contributed by atoms with Gasteiger partial charge in [0.1, 0.15) is 11.6 Å². The number of carbonyl (C=O) groups excluding carboxylic acids is 1. The van der Waals surface area contributed by atoms with E-state index in [1.165, 1.54) is 42.5 Å². The van der Waals surface area contributed by atoms with Crippen molar-refractivity contribution in [2.24, 2.45) is 0 Å². The van der Waals surface area contributed by atoms with Gasteiger partial charge in [-0.3, -0.25) is 4.79 Å². The average Bonchev–Trinajstić information content (AvgIpc) is 2.46. The van der Waals surface area contributed by atoms with Crippen molar-refractivity contribution in [3.8, 4) is 11.8 Å². The van der Waals surface area contributed by atoms with E-state index >= 15 is 0 Å². The van der Waals surface area contributed by atoms with Crippen molar-refractivity contribution in [3.05, 3.63) is 77.4 Å². The Morgan fingerprint density at radius 3 is 2.05 bits per heavy atom. The third-order valence-electron chi connectivity index (χ3n) is 2.47. The topological polar surface area (TPSA) is 17.1 Å². The summed E-state index contributed by atoms with van der Waals surface area (Å²) in [5, 5.41) is 0. The maximum Gasteiger partial charge on any atom is 0.229 e. The van der Waals surface area contributed by atoms with E-state index < -0.39 is 0 Å². The van der Waals surface area contributed by atoms with Crippen LogP contribution in [0.2, 0.25) is 0 Å². The van der Waals surface area contributed by atoms with Gasteiger partial charge in [0, 0.05) is 5.56 Å². The maximum atomic E-state index is 12.7. The van der Waals surface area contributed by atoms with Gasteiger partial charge in [-0.25, -0.2) is 8.78 Å².